The van der Waals surface area contributed by atoms with E-state index < -0.39 is 0 Å². The molecule has 0 radical (unpaired) electrons. The molecule has 1 aliphatic rings. The maximum absolute atomic E-state index is 4.79. The van der Waals surface area contributed by atoms with Crippen molar-refractivity contribution in [2.24, 2.45) is 9.98 Å². The van der Waals surface area contributed by atoms with E-state index in [9.17, 15) is 0 Å². The molecular weight excluding hydrogens is 334 g/mol. The maximum atomic E-state index is 4.79. The van der Waals surface area contributed by atoms with Crippen LogP contribution in [0.3, 0.4) is 0 Å². The monoisotopic (exact) mass is 371 g/mol. The van der Waals surface area contributed by atoms with E-state index in [2.05, 4.69) is 67.6 Å². The summed E-state index contributed by atoms with van der Waals surface area (Å²) in [5.41, 5.74) is 0.909. The van der Waals surface area contributed by atoms with Gasteiger partial charge in [-0.05, 0) is 25.8 Å². The van der Waals surface area contributed by atoms with Gasteiger partial charge in [-0.15, -0.1) is 0 Å². The average molecular weight is 372 g/mol. The first-order valence-corrected chi connectivity index (χ1v) is 10.4. The van der Waals surface area contributed by atoms with Crippen LogP contribution < -0.4 is 10.6 Å². The molecule has 1 heterocycles. The lowest BCUT2D eigenvalue weighted by Gasteiger charge is -2.34. The Bertz CT molecular complexity index is 606. The molecule has 0 bridgehead atoms. The van der Waals surface area contributed by atoms with Gasteiger partial charge in [0.25, 0.3) is 0 Å². The van der Waals surface area contributed by atoms with Crippen LogP contribution in [0.1, 0.15) is 71.3 Å². The van der Waals surface area contributed by atoms with Crippen LogP contribution in [0.5, 0.6) is 0 Å². The van der Waals surface area contributed by atoms with Crippen LogP contribution in [-0.4, -0.2) is 36.1 Å². The number of guanidine groups is 2. The first-order valence-electron chi connectivity index (χ1n) is 10.4. The van der Waals surface area contributed by atoms with E-state index in [1.807, 2.05) is 6.07 Å². The molecule has 5 nitrogen and oxygen atoms in total. The van der Waals surface area contributed by atoms with Crippen LogP contribution in [0.2, 0.25) is 0 Å². The van der Waals surface area contributed by atoms with Gasteiger partial charge >= 0.3 is 0 Å². The lowest BCUT2D eigenvalue weighted by molar-refractivity contribution is 0.420. The number of hydrogen-bond donors (Lipinski definition) is 2. The second-order valence-electron chi connectivity index (χ2n) is 7.94. The van der Waals surface area contributed by atoms with Crippen LogP contribution in [0.4, 0.5) is 0 Å². The van der Waals surface area contributed by atoms with Crippen molar-refractivity contribution < 1.29 is 0 Å². The zero-order valence-electron chi connectivity index (χ0n) is 17.6. The quantitative estimate of drug-likeness (QED) is 0.595. The van der Waals surface area contributed by atoms with Crippen molar-refractivity contribution in [1.29, 1.82) is 0 Å². The summed E-state index contributed by atoms with van der Waals surface area (Å²) in [7, 11) is 2.06. The zero-order valence-corrected chi connectivity index (χ0v) is 17.6. The molecule has 5 heteroatoms. The van der Waals surface area contributed by atoms with Crippen molar-refractivity contribution in [3.05, 3.63) is 35.9 Å². The Balaban J connectivity index is 1.83. The number of hydrogen-bond acceptors (Lipinski definition) is 3. The van der Waals surface area contributed by atoms with Gasteiger partial charge in [0.2, 0.25) is 5.96 Å². The fourth-order valence-electron chi connectivity index (χ4n) is 3.20. The van der Waals surface area contributed by atoms with Gasteiger partial charge in [-0.2, -0.15) is 0 Å². The van der Waals surface area contributed by atoms with Gasteiger partial charge < -0.3 is 10.2 Å². The van der Waals surface area contributed by atoms with E-state index in [1.54, 1.807) is 0 Å². The molecule has 0 fully saturated rings. The summed E-state index contributed by atoms with van der Waals surface area (Å²) in [6.45, 7) is 8.08. The molecule has 2 rings (SSSR count). The van der Waals surface area contributed by atoms with Crippen LogP contribution in [0, 0.1) is 0 Å². The van der Waals surface area contributed by atoms with Crippen molar-refractivity contribution in [1.82, 2.24) is 15.5 Å². The summed E-state index contributed by atoms with van der Waals surface area (Å²) < 4.78 is 0. The molecule has 0 saturated carbocycles. The molecule has 0 amide bonds. The number of nitrogens with one attached hydrogen (secondary N) is 2. The topological polar surface area (TPSA) is 52.0 Å². The molecule has 0 aliphatic carbocycles. The van der Waals surface area contributed by atoms with Gasteiger partial charge in [-0.1, -0.05) is 75.8 Å². The normalized spacial score (nSPS) is 17.2. The summed E-state index contributed by atoms with van der Waals surface area (Å²) in [6, 6.07) is 10.5. The molecule has 0 saturated heterocycles. The molecule has 2 N–H and O–H groups in total. The van der Waals surface area contributed by atoms with Crippen molar-refractivity contribution in [2.75, 3.05) is 13.6 Å². The highest BCUT2D eigenvalue weighted by molar-refractivity contribution is 6.00. The van der Waals surface area contributed by atoms with Crippen LogP contribution in [-0.2, 0) is 6.54 Å². The summed E-state index contributed by atoms with van der Waals surface area (Å²) in [4.78, 5) is 11.7. The second kappa shape index (κ2) is 11.0. The van der Waals surface area contributed by atoms with Gasteiger partial charge in [-0.3, -0.25) is 10.3 Å². The van der Waals surface area contributed by atoms with E-state index in [0.717, 1.165) is 31.4 Å². The first-order chi connectivity index (χ1) is 13.0. The predicted molar refractivity (Wildman–Crippen MR) is 116 cm³/mol. The number of nitrogens with zero attached hydrogens (tertiary/aromatic N) is 3. The maximum Gasteiger partial charge on any atom is 0.203 e. The Morgan fingerprint density at radius 2 is 1.67 bits per heavy atom. The molecule has 1 aromatic carbocycles. The van der Waals surface area contributed by atoms with Gasteiger partial charge in [0.05, 0.1) is 0 Å². The van der Waals surface area contributed by atoms with E-state index >= 15 is 0 Å². The van der Waals surface area contributed by atoms with E-state index in [0.29, 0.717) is 0 Å². The number of rotatable bonds is 10. The Kier molecular flexibility index (Phi) is 8.62. The lowest BCUT2D eigenvalue weighted by atomic mass is 10.1. The van der Waals surface area contributed by atoms with E-state index in [4.69, 9.17) is 9.98 Å². The predicted octanol–water partition coefficient (Wildman–Crippen LogP) is 4.51. The Labute approximate surface area is 165 Å². The smallest absolute Gasteiger partial charge is 0.203 e. The van der Waals surface area contributed by atoms with Crippen LogP contribution in [0.15, 0.2) is 40.3 Å². The third-order valence-corrected chi connectivity index (χ3v) is 4.70. The molecule has 0 unspecified atom stereocenters. The lowest BCUT2D eigenvalue weighted by Crippen LogP contribution is -2.59. The molecule has 150 valence electrons. The highest BCUT2D eigenvalue weighted by Crippen LogP contribution is 2.12. The largest absolute Gasteiger partial charge is 0.341 e. The first kappa shape index (κ1) is 21.3. The summed E-state index contributed by atoms with van der Waals surface area (Å²) in [6.07, 6.45) is 9.13. The van der Waals surface area contributed by atoms with Crippen molar-refractivity contribution in [2.45, 2.75) is 77.9 Å². The standard InChI is InChI=1S/C22H37N5/c1-5-6-7-8-9-10-14-17-23-20-24-21(26-22(2,3)25-20)27(4)18-19-15-12-11-13-16-19/h11-13,15-16H,5-10,14,17-18H2,1-4H3,(H2,23,24,25,26). The molecule has 1 aromatic rings. The summed E-state index contributed by atoms with van der Waals surface area (Å²) >= 11 is 0. The molecule has 1 aliphatic heterocycles. The fraction of sp³-hybridized carbons (Fsp3) is 0.636. The summed E-state index contributed by atoms with van der Waals surface area (Å²) in [5.74, 6) is 1.69. The average Bonchev–Trinajstić information content (AvgIpc) is 2.63. The Morgan fingerprint density at radius 1 is 1.00 bits per heavy atom. The minimum Gasteiger partial charge on any atom is -0.341 e. The van der Waals surface area contributed by atoms with Crippen molar-refractivity contribution in [3.8, 4) is 0 Å². The Morgan fingerprint density at radius 3 is 2.37 bits per heavy atom. The number of aliphatic imine (C=N–C) groups is 2. The highest BCUT2D eigenvalue weighted by atomic mass is 15.4. The Hall–Kier alpha value is -2.04. The SMILES string of the molecule is CCCCCCCCCN=C1NC(N(C)Cc2ccccc2)=NC(C)(C)N1. The van der Waals surface area contributed by atoms with Crippen LogP contribution >= 0.6 is 0 Å². The zero-order chi connectivity index (χ0) is 19.5. The molecular formula is C22H37N5. The number of benzene rings is 1. The molecule has 0 aromatic heterocycles. The van der Waals surface area contributed by atoms with E-state index in [1.165, 1.54) is 44.1 Å². The minimum absolute atomic E-state index is 0.357. The minimum atomic E-state index is -0.357. The van der Waals surface area contributed by atoms with Crippen LogP contribution in [0.25, 0.3) is 0 Å². The van der Waals surface area contributed by atoms with Gasteiger partial charge in [-0.25, -0.2) is 4.99 Å². The van der Waals surface area contributed by atoms with E-state index in [-0.39, 0.29) is 5.66 Å². The molecule has 0 atom stereocenters. The molecule has 0 spiro atoms. The van der Waals surface area contributed by atoms with Gasteiger partial charge in [0.15, 0.2) is 5.96 Å². The fourth-order valence-corrected chi connectivity index (χ4v) is 3.20. The molecule has 27 heavy (non-hydrogen) atoms. The third-order valence-electron chi connectivity index (χ3n) is 4.70. The van der Waals surface area contributed by atoms with Crippen molar-refractivity contribution >= 4 is 11.9 Å². The number of unbranched alkanes of at least 4 members (excludes halogenated alkanes) is 6. The van der Waals surface area contributed by atoms with Crippen molar-refractivity contribution in [3.63, 3.8) is 0 Å². The summed E-state index contributed by atoms with van der Waals surface area (Å²) in [5, 5.41) is 6.75. The third kappa shape index (κ3) is 8.02. The van der Waals surface area contributed by atoms with Gasteiger partial charge in [0, 0.05) is 20.1 Å². The highest BCUT2D eigenvalue weighted by Gasteiger charge is 2.26. The second-order valence-corrected chi connectivity index (χ2v) is 7.94. The van der Waals surface area contributed by atoms with Gasteiger partial charge in [0.1, 0.15) is 5.66 Å².